The summed E-state index contributed by atoms with van der Waals surface area (Å²) < 4.78 is 0. The first-order chi connectivity index (χ1) is 9.58. The molecule has 0 aliphatic carbocycles. The Labute approximate surface area is 130 Å². The molecule has 20 heavy (non-hydrogen) atoms. The van der Waals surface area contributed by atoms with Crippen molar-refractivity contribution >= 4 is 47.0 Å². The van der Waals surface area contributed by atoms with Gasteiger partial charge in [0.2, 0.25) is 5.91 Å². The standard InChI is InChI=1S/C13H14ClNO3S2/c14-9-1-3-10(4-2-9)20-8-12(16)15-5-6-19-7-11(15)13(17)18/h1-4,11H,5-8H2,(H,17,18). The monoisotopic (exact) mass is 331 g/mol. The Morgan fingerprint density at radius 2 is 2.10 bits per heavy atom. The lowest BCUT2D eigenvalue weighted by Gasteiger charge is -2.32. The fraction of sp³-hybridized carbons (Fsp3) is 0.385. The summed E-state index contributed by atoms with van der Waals surface area (Å²) in [6.07, 6.45) is 0. The van der Waals surface area contributed by atoms with Crippen LogP contribution in [0.3, 0.4) is 0 Å². The summed E-state index contributed by atoms with van der Waals surface area (Å²) in [7, 11) is 0. The first kappa shape index (κ1) is 15.5. The molecule has 0 saturated carbocycles. The molecule has 4 nitrogen and oxygen atoms in total. The lowest BCUT2D eigenvalue weighted by atomic mass is 10.2. The fourth-order valence-corrected chi connectivity index (χ4v) is 3.81. The van der Waals surface area contributed by atoms with Crippen molar-refractivity contribution in [3.8, 4) is 0 Å². The van der Waals surface area contributed by atoms with E-state index in [4.69, 9.17) is 16.7 Å². The van der Waals surface area contributed by atoms with Crippen molar-refractivity contribution in [1.29, 1.82) is 0 Å². The number of aliphatic carboxylic acids is 1. The van der Waals surface area contributed by atoms with E-state index < -0.39 is 12.0 Å². The molecule has 1 unspecified atom stereocenters. The second-order valence-electron chi connectivity index (χ2n) is 4.26. The predicted octanol–water partition coefficient (Wildman–Crippen LogP) is 2.46. The van der Waals surface area contributed by atoms with E-state index in [2.05, 4.69) is 0 Å². The average Bonchev–Trinajstić information content (AvgIpc) is 2.46. The molecule has 1 fully saturated rings. The number of rotatable bonds is 4. The Bertz CT molecular complexity index is 495. The largest absolute Gasteiger partial charge is 0.480 e. The molecule has 0 radical (unpaired) electrons. The molecule has 0 aromatic heterocycles. The zero-order valence-electron chi connectivity index (χ0n) is 10.6. The molecule has 1 amide bonds. The molecule has 1 heterocycles. The third kappa shape index (κ3) is 4.07. The molecule has 1 atom stereocenters. The first-order valence-corrected chi connectivity index (χ1v) is 8.58. The van der Waals surface area contributed by atoms with Crippen molar-refractivity contribution in [2.75, 3.05) is 23.8 Å². The van der Waals surface area contributed by atoms with Gasteiger partial charge in [-0.15, -0.1) is 11.8 Å². The van der Waals surface area contributed by atoms with Crippen LogP contribution in [0.15, 0.2) is 29.2 Å². The number of thioether (sulfide) groups is 2. The summed E-state index contributed by atoms with van der Waals surface area (Å²) in [5.74, 6) is 0.448. The number of carbonyl (C=O) groups is 2. The molecule has 1 aliphatic heterocycles. The van der Waals surface area contributed by atoms with E-state index in [-0.39, 0.29) is 11.7 Å². The number of halogens is 1. The molecule has 7 heteroatoms. The van der Waals surface area contributed by atoms with E-state index in [0.29, 0.717) is 17.3 Å². The zero-order valence-corrected chi connectivity index (χ0v) is 13.0. The summed E-state index contributed by atoms with van der Waals surface area (Å²) in [6, 6.07) is 6.53. The summed E-state index contributed by atoms with van der Waals surface area (Å²) in [4.78, 5) is 25.7. The molecule has 108 valence electrons. The van der Waals surface area contributed by atoms with Crippen molar-refractivity contribution in [3.05, 3.63) is 29.3 Å². The van der Waals surface area contributed by atoms with E-state index in [0.717, 1.165) is 10.6 Å². The maximum absolute atomic E-state index is 12.2. The van der Waals surface area contributed by atoms with Crippen LogP contribution < -0.4 is 0 Å². The summed E-state index contributed by atoms with van der Waals surface area (Å²) in [5, 5.41) is 9.80. The van der Waals surface area contributed by atoms with Crippen LogP contribution in [-0.2, 0) is 9.59 Å². The Morgan fingerprint density at radius 1 is 1.40 bits per heavy atom. The second-order valence-corrected chi connectivity index (χ2v) is 6.89. The maximum Gasteiger partial charge on any atom is 0.327 e. The van der Waals surface area contributed by atoms with Crippen LogP contribution >= 0.6 is 35.1 Å². The van der Waals surface area contributed by atoms with E-state index >= 15 is 0 Å². The Hall–Kier alpha value is -0.850. The number of hydrogen-bond acceptors (Lipinski definition) is 4. The average molecular weight is 332 g/mol. The van der Waals surface area contributed by atoms with E-state index in [1.807, 2.05) is 12.1 Å². The second kappa shape index (κ2) is 7.24. The molecule has 1 saturated heterocycles. The van der Waals surface area contributed by atoms with Crippen LogP contribution in [0, 0.1) is 0 Å². The molecule has 1 N–H and O–H groups in total. The topological polar surface area (TPSA) is 57.6 Å². The molecule has 0 bridgehead atoms. The van der Waals surface area contributed by atoms with E-state index in [9.17, 15) is 9.59 Å². The first-order valence-electron chi connectivity index (χ1n) is 6.06. The number of hydrogen-bond donors (Lipinski definition) is 1. The molecular formula is C13H14ClNO3S2. The van der Waals surface area contributed by atoms with Crippen LogP contribution in [0.4, 0.5) is 0 Å². The molecule has 0 spiro atoms. The highest BCUT2D eigenvalue weighted by molar-refractivity contribution is 8.00. The minimum absolute atomic E-state index is 0.127. The number of carboxylic acids is 1. The highest BCUT2D eigenvalue weighted by atomic mass is 35.5. The normalized spacial score (nSPS) is 18.9. The number of carboxylic acid groups (broad SMARTS) is 1. The SMILES string of the molecule is O=C(O)C1CSCCN1C(=O)CSc1ccc(Cl)cc1. The number of nitrogens with zero attached hydrogens (tertiary/aromatic N) is 1. The van der Waals surface area contributed by atoms with Crippen LogP contribution in [-0.4, -0.2) is 51.7 Å². The summed E-state index contributed by atoms with van der Waals surface area (Å²) in [5.41, 5.74) is 0. The Balaban J connectivity index is 1.93. The van der Waals surface area contributed by atoms with Crippen molar-refractivity contribution in [2.24, 2.45) is 0 Å². The van der Waals surface area contributed by atoms with Gasteiger partial charge in [0.25, 0.3) is 0 Å². The van der Waals surface area contributed by atoms with Crippen molar-refractivity contribution in [1.82, 2.24) is 4.90 Å². The highest BCUT2D eigenvalue weighted by Gasteiger charge is 2.31. The Kier molecular flexibility index (Phi) is 5.63. The predicted molar refractivity (Wildman–Crippen MR) is 82.6 cm³/mol. The van der Waals surface area contributed by atoms with Crippen LogP contribution in [0.2, 0.25) is 5.02 Å². The van der Waals surface area contributed by atoms with Gasteiger partial charge in [-0.25, -0.2) is 4.79 Å². The molecule has 1 aliphatic rings. The van der Waals surface area contributed by atoms with Crippen LogP contribution in [0.25, 0.3) is 0 Å². The van der Waals surface area contributed by atoms with Crippen molar-refractivity contribution < 1.29 is 14.7 Å². The van der Waals surface area contributed by atoms with Gasteiger partial charge in [-0.3, -0.25) is 4.79 Å². The molecule has 1 aromatic carbocycles. The summed E-state index contributed by atoms with van der Waals surface area (Å²) >= 11 is 8.77. The van der Waals surface area contributed by atoms with Crippen LogP contribution in [0.1, 0.15) is 0 Å². The van der Waals surface area contributed by atoms with Crippen molar-refractivity contribution in [3.63, 3.8) is 0 Å². The smallest absolute Gasteiger partial charge is 0.327 e. The molecule has 1 aromatic rings. The van der Waals surface area contributed by atoms with Gasteiger partial charge in [0, 0.05) is 28.0 Å². The van der Waals surface area contributed by atoms with E-state index in [1.54, 1.807) is 23.9 Å². The summed E-state index contributed by atoms with van der Waals surface area (Å²) in [6.45, 7) is 0.502. The van der Waals surface area contributed by atoms with E-state index in [1.165, 1.54) is 16.7 Å². The zero-order chi connectivity index (χ0) is 14.5. The van der Waals surface area contributed by atoms with Gasteiger partial charge >= 0.3 is 5.97 Å². The molecule has 2 rings (SSSR count). The Morgan fingerprint density at radius 3 is 2.75 bits per heavy atom. The van der Waals surface area contributed by atoms with Crippen molar-refractivity contribution in [2.45, 2.75) is 10.9 Å². The van der Waals surface area contributed by atoms with Gasteiger partial charge in [-0.05, 0) is 24.3 Å². The van der Waals surface area contributed by atoms with Gasteiger partial charge in [0.05, 0.1) is 5.75 Å². The van der Waals surface area contributed by atoms with Gasteiger partial charge in [0.15, 0.2) is 0 Å². The number of amides is 1. The van der Waals surface area contributed by atoms with Gasteiger partial charge < -0.3 is 10.0 Å². The van der Waals surface area contributed by atoms with Gasteiger partial charge in [-0.1, -0.05) is 11.6 Å². The minimum Gasteiger partial charge on any atom is -0.480 e. The quantitative estimate of drug-likeness (QED) is 0.859. The number of benzene rings is 1. The number of carbonyl (C=O) groups excluding carboxylic acids is 1. The third-order valence-electron chi connectivity index (χ3n) is 2.91. The minimum atomic E-state index is -0.929. The highest BCUT2D eigenvalue weighted by Crippen LogP contribution is 2.23. The molecular weight excluding hydrogens is 318 g/mol. The lowest BCUT2D eigenvalue weighted by molar-refractivity contribution is -0.148. The maximum atomic E-state index is 12.2. The third-order valence-corrected chi connectivity index (χ3v) is 5.18. The fourth-order valence-electron chi connectivity index (χ4n) is 1.87. The van der Waals surface area contributed by atoms with Gasteiger partial charge in [0.1, 0.15) is 6.04 Å². The van der Waals surface area contributed by atoms with Crippen LogP contribution in [0.5, 0.6) is 0 Å². The lowest BCUT2D eigenvalue weighted by Crippen LogP contribution is -2.50. The van der Waals surface area contributed by atoms with Gasteiger partial charge in [-0.2, -0.15) is 11.8 Å².